The van der Waals surface area contributed by atoms with Crippen LogP contribution < -0.4 is 4.90 Å². The molecule has 5 nitrogen and oxygen atoms in total. The summed E-state index contributed by atoms with van der Waals surface area (Å²) in [6, 6.07) is 7.42. The Balaban J connectivity index is 2.20. The average molecular weight is 302 g/mol. The van der Waals surface area contributed by atoms with Gasteiger partial charge in [0.2, 0.25) is 5.89 Å². The number of nitrogens with zero attached hydrogens (tertiary/aromatic N) is 2. The maximum Gasteiger partial charge on any atom is 0.338 e. The summed E-state index contributed by atoms with van der Waals surface area (Å²) in [4.78, 5) is 18.4. The highest BCUT2D eigenvalue weighted by molar-refractivity contribution is 5.90. The van der Waals surface area contributed by atoms with Crippen molar-refractivity contribution in [2.45, 2.75) is 34.2 Å². The first-order valence-corrected chi connectivity index (χ1v) is 7.50. The molecule has 0 aliphatic rings. The Morgan fingerprint density at radius 2 is 2.09 bits per heavy atom. The molecule has 2 rings (SSSR count). The van der Waals surface area contributed by atoms with E-state index in [9.17, 15) is 4.79 Å². The number of carbonyl (C=O) groups excluding carboxylic acids is 1. The summed E-state index contributed by atoms with van der Waals surface area (Å²) in [6.07, 6.45) is 0. The zero-order valence-corrected chi connectivity index (χ0v) is 13.5. The first-order valence-electron chi connectivity index (χ1n) is 7.50. The predicted octanol–water partition coefficient (Wildman–Crippen LogP) is 3.49. The van der Waals surface area contributed by atoms with Gasteiger partial charge in [0.1, 0.15) is 5.76 Å². The van der Waals surface area contributed by atoms with E-state index in [0.717, 1.165) is 23.7 Å². The molecule has 1 aromatic heterocycles. The maximum atomic E-state index is 11.8. The minimum absolute atomic E-state index is 0.303. The average Bonchev–Trinajstić information content (AvgIpc) is 2.83. The monoisotopic (exact) mass is 302 g/mol. The summed E-state index contributed by atoms with van der Waals surface area (Å²) in [5, 5.41) is 0. The standard InChI is InChI=1S/C17H22N2O3/c1-5-19(11-16-18-12(3)13(4)22-16)15-9-7-8-14(10-15)17(20)21-6-2/h7-10H,5-6,11H2,1-4H3. The highest BCUT2D eigenvalue weighted by Crippen LogP contribution is 2.20. The quantitative estimate of drug-likeness (QED) is 0.764. The van der Waals surface area contributed by atoms with Crippen LogP contribution in [0.15, 0.2) is 28.7 Å². The van der Waals surface area contributed by atoms with E-state index in [0.29, 0.717) is 24.6 Å². The normalized spacial score (nSPS) is 10.5. The minimum Gasteiger partial charge on any atom is -0.462 e. The largest absolute Gasteiger partial charge is 0.462 e. The molecule has 0 unspecified atom stereocenters. The number of aryl methyl sites for hydroxylation is 2. The zero-order valence-electron chi connectivity index (χ0n) is 13.5. The van der Waals surface area contributed by atoms with Crippen LogP contribution in [-0.2, 0) is 11.3 Å². The molecule has 1 heterocycles. The third-order valence-electron chi connectivity index (χ3n) is 3.50. The van der Waals surface area contributed by atoms with Gasteiger partial charge < -0.3 is 14.1 Å². The number of esters is 1. The number of anilines is 1. The molecule has 0 aliphatic carbocycles. The molecule has 0 fully saturated rings. The van der Waals surface area contributed by atoms with Gasteiger partial charge in [-0.1, -0.05) is 6.07 Å². The van der Waals surface area contributed by atoms with E-state index >= 15 is 0 Å². The van der Waals surface area contributed by atoms with Crippen molar-refractivity contribution in [2.75, 3.05) is 18.1 Å². The van der Waals surface area contributed by atoms with Crippen LogP contribution in [0.25, 0.3) is 0 Å². The number of carbonyl (C=O) groups is 1. The summed E-state index contributed by atoms with van der Waals surface area (Å²) < 4.78 is 10.7. The Kier molecular flexibility index (Phi) is 5.20. The SMILES string of the molecule is CCOC(=O)c1cccc(N(CC)Cc2nc(C)c(C)o2)c1. The lowest BCUT2D eigenvalue weighted by atomic mass is 10.2. The van der Waals surface area contributed by atoms with Crippen molar-refractivity contribution in [1.29, 1.82) is 0 Å². The summed E-state index contributed by atoms with van der Waals surface area (Å²) >= 11 is 0. The lowest BCUT2D eigenvalue weighted by molar-refractivity contribution is 0.0526. The summed E-state index contributed by atoms with van der Waals surface area (Å²) in [5.41, 5.74) is 2.41. The minimum atomic E-state index is -0.303. The van der Waals surface area contributed by atoms with Crippen molar-refractivity contribution in [3.05, 3.63) is 47.2 Å². The summed E-state index contributed by atoms with van der Waals surface area (Å²) in [6.45, 7) is 9.41. The molecule has 1 aromatic carbocycles. The van der Waals surface area contributed by atoms with E-state index in [1.54, 1.807) is 13.0 Å². The van der Waals surface area contributed by atoms with Crippen LogP contribution in [0.1, 0.15) is 41.6 Å². The fraction of sp³-hybridized carbons (Fsp3) is 0.412. The second kappa shape index (κ2) is 7.11. The van der Waals surface area contributed by atoms with Gasteiger partial charge in [-0.15, -0.1) is 0 Å². The number of hydrogen-bond acceptors (Lipinski definition) is 5. The first kappa shape index (κ1) is 16.1. The van der Waals surface area contributed by atoms with Crippen LogP contribution in [0.3, 0.4) is 0 Å². The number of ether oxygens (including phenoxy) is 1. The van der Waals surface area contributed by atoms with Crippen LogP contribution in [0, 0.1) is 13.8 Å². The molecule has 0 saturated carbocycles. The molecule has 0 radical (unpaired) electrons. The van der Waals surface area contributed by atoms with Gasteiger partial charge in [-0.2, -0.15) is 0 Å². The van der Waals surface area contributed by atoms with Gasteiger partial charge in [-0.3, -0.25) is 0 Å². The summed E-state index contributed by atoms with van der Waals surface area (Å²) in [5.74, 6) is 1.22. The Bertz CT molecular complexity index is 630. The van der Waals surface area contributed by atoms with E-state index in [1.165, 1.54) is 0 Å². The fourth-order valence-electron chi connectivity index (χ4n) is 2.20. The van der Waals surface area contributed by atoms with E-state index in [2.05, 4.69) is 16.8 Å². The van der Waals surface area contributed by atoms with Crippen LogP contribution in [-0.4, -0.2) is 24.1 Å². The Morgan fingerprint density at radius 1 is 1.32 bits per heavy atom. The smallest absolute Gasteiger partial charge is 0.338 e. The Morgan fingerprint density at radius 3 is 2.68 bits per heavy atom. The van der Waals surface area contributed by atoms with Crippen molar-refractivity contribution in [3.8, 4) is 0 Å². The molecular formula is C17H22N2O3. The first-order chi connectivity index (χ1) is 10.5. The Hall–Kier alpha value is -2.30. The lowest BCUT2D eigenvalue weighted by Gasteiger charge is -2.21. The molecule has 0 amide bonds. The van der Waals surface area contributed by atoms with Crippen LogP contribution in [0.5, 0.6) is 0 Å². The number of oxazole rings is 1. The van der Waals surface area contributed by atoms with E-state index in [4.69, 9.17) is 9.15 Å². The third-order valence-corrected chi connectivity index (χ3v) is 3.50. The van der Waals surface area contributed by atoms with Gasteiger partial charge in [-0.05, 0) is 45.9 Å². The lowest BCUT2D eigenvalue weighted by Crippen LogP contribution is -2.22. The van der Waals surface area contributed by atoms with Crippen LogP contribution in [0.4, 0.5) is 5.69 Å². The predicted molar refractivity (Wildman–Crippen MR) is 85.1 cm³/mol. The Labute approximate surface area is 130 Å². The van der Waals surface area contributed by atoms with Gasteiger partial charge >= 0.3 is 5.97 Å². The molecule has 0 bridgehead atoms. The van der Waals surface area contributed by atoms with E-state index < -0.39 is 0 Å². The molecule has 0 N–H and O–H groups in total. The van der Waals surface area contributed by atoms with Crippen molar-refractivity contribution < 1.29 is 13.9 Å². The molecule has 0 atom stereocenters. The van der Waals surface area contributed by atoms with E-state index in [-0.39, 0.29) is 5.97 Å². The van der Waals surface area contributed by atoms with Crippen molar-refractivity contribution >= 4 is 11.7 Å². The molecule has 5 heteroatoms. The highest BCUT2D eigenvalue weighted by atomic mass is 16.5. The third kappa shape index (κ3) is 3.67. The second-order valence-corrected chi connectivity index (χ2v) is 5.03. The second-order valence-electron chi connectivity index (χ2n) is 5.03. The molecule has 0 saturated heterocycles. The molecule has 0 spiro atoms. The van der Waals surface area contributed by atoms with Gasteiger partial charge in [0.05, 0.1) is 24.4 Å². The summed E-state index contributed by atoms with van der Waals surface area (Å²) in [7, 11) is 0. The van der Waals surface area contributed by atoms with Crippen molar-refractivity contribution in [2.24, 2.45) is 0 Å². The molecular weight excluding hydrogens is 280 g/mol. The van der Waals surface area contributed by atoms with Gasteiger partial charge in [0.25, 0.3) is 0 Å². The molecule has 22 heavy (non-hydrogen) atoms. The van der Waals surface area contributed by atoms with Crippen molar-refractivity contribution in [3.63, 3.8) is 0 Å². The molecule has 0 aliphatic heterocycles. The molecule has 2 aromatic rings. The van der Waals surface area contributed by atoms with Gasteiger partial charge in [-0.25, -0.2) is 9.78 Å². The van der Waals surface area contributed by atoms with Gasteiger partial charge in [0, 0.05) is 12.2 Å². The number of rotatable bonds is 6. The van der Waals surface area contributed by atoms with Crippen LogP contribution >= 0.6 is 0 Å². The van der Waals surface area contributed by atoms with Crippen LogP contribution in [0.2, 0.25) is 0 Å². The van der Waals surface area contributed by atoms with E-state index in [1.807, 2.05) is 32.0 Å². The zero-order chi connectivity index (χ0) is 16.1. The maximum absolute atomic E-state index is 11.8. The van der Waals surface area contributed by atoms with Crippen molar-refractivity contribution in [1.82, 2.24) is 4.98 Å². The fourth-order valence-corrected chi connectivity index (χ4v) is 2.20. The number of aromatic nitrogens is 1. The number of hydrogen-bond donors (Lipinski definition) is 0. The van der Waals surface area contributed by atoms with Gasteiger partial charge in [0.15, 0.2) is 0 Å². The topological polar surface area (TPSA) is 55.6 Å². The molecule has 118 valence electrons. The highest BCUT2D eigenvalue weighted by Gasteiger charge is 2.13. The number of benzene rings is 1.